The third-order valence-corrected chi connectivity index (χ3v) is 4.17. The maximum Gasteiger partial charge on any atom is 0.267 e. The summed E-state index contributed by atoms with van der Waals surface area (Å²) in [4.78, 5) is 36.4. The normalized spacial score (nSPS) is 16.0. The van der Waals surface area contributed by atoms with Crippen molar-refractivity contribution in [3.8, 4) is 5.75 Å². The summed E-state index contributed by atoms with van der Waals surface area (Å²) in [6.45, 7) is 3.47. The topological polar surface area (TPSA) is 87.7 Å². The van der Waals surface area contributed by atoms with Crippen LogP contribution >= 0.6 is 0 Å². The molecule has 0 bridgehead atoms. The highest BCUT2D eigenvalue weighted by molar-refractivity contribution is 6.06. The number of anilines is 3. The second kappa shape index (κ2) is 6.62. The molecule has 3 rings (SSSR count). The van der Waals surface area contributed by atoms with Crippen molar-refractivity contribution in [2.75, 3.05) is 36.3 Å². The van der Waals surface area contributed by atoms with E-state index in [1.165, 1.54) is 11.1 Å². The molecular weight excluding hydrogens is 334 g/mol. The van der Waals surface area contributed by atoms with E-state index in [-0.39, 0.29) is 11.8 Å². The number of hydrogen-bond acceptors (Lipinski definition) is 6. The summed E-state index contributed by atoms with van der Waals surface area (Å²) < 4.78 is 5.59. The van der Waals surface area contributed by atoms with Crippen molar-refractivity contribution in [3.05, 3.63) is 35.7 Å². The molecule has 1 atom stereocenters. The van der Waals surface area contributed by atoms with Gasteiger partial charge in [-0.15, -0.1) is 0 Å². The number of amides is 2. The Labute approximate surface area is 151 Å². The van der Waals surface area contributed by atoms with Gasteiger partial charge in [0.1, 0.15) is 5.75 Å². The molecule has 1 aliphatic heterocycles. The summed E-state index contributed by atoms with van der Waals surface area (Å²) in [5, 5.41) is 2.82. The molecule has 26 heavy (non-hydrogen) atoms. The summed E-state index contributed by atoms with van der Waals surface area (Å²) >= 11 is 0. The van der Waals surface area contributed by atoms with E-state index >= 15 is 0 Å². The molecule has 8 heteroatoms. The second-order valence-electron chi connectivity index (χ2n) is 6.36. The van der Waals surface area contributed by atoms with Gasteiger partial charge in [0, 0.05) is 33.0 Å². The van der Waals surface area contributed by atoms with E-state index < -0.39 is 6.10 Å². The zero-order chi connectivity index (χ0) is 19.0. The number of ether oxygens (including phenoxy) is 1. The van der Waals surface area contributed by atoms with Gasteiger partial charge in [0.2, 0.25) is 5.95 Å². The quantitative estimate of drug-likeness (QED) is 0.904. The molecular formula is C18H21N5O3. The smallest absolute Gasteiger partial charge is 0.267 e. The van der Waals surface area contributed by atoms with Crippen LogP contribution in [0, 0.1) is 6.92 Å². The lowest BCUT2D eigenvalue weighted by Crippen LogP contribution is -2.41. The molecule has 2 aromatic rings. The largest absolute Gasteiger partial charge is 0.479 e. The highest BCUT2D eigenvalue weighted by Gasteiger charge is 2.29. The van der Waals surface area contributed by atoms with Crippen molar-refractivity contribution in [2.45, 2.75) is 20.0 Å². The minimum Gasteiger partial charge on any atom is -0.479 e. The predicted molar refractivity (Wildman–Crippen MR) is 99.0 cm³/mol. The van der Waals surface area contributed by atoms with Crippen molar-refractivity contribution in [1.29, 1.82) is 0 Å². The third-order valence-electron chi connectivity index (χ3n) is 4.17. The lowest BCUT2D eigenvalue weighted by Gasteiger charge is -2.30. The van der Waals surface area contributed by atoms with Gasteiger partial charge in [0.15, 0.2) is 6.10 Å². The zero-order valence-corrected chi connectivity index (χ0v) is 15.4. The van der Waals surface area contributed by atoms with Crippen molar-refractivity contribution in [3.63, 3.8) is 0 Å². The first-order chi connectivity index (χ1) is 12.3. The number of nitrogens with one attached hydrogen (secondary N) is 1. The molecule has 8 nitrogen and oxygen atoms in total. The van der Waals surface area contributed by atoms with Crippen molar-refractivity contribution >= 4 is 29.1 Å². The third kappa shape index (κ3) is 3.17. The van der Waals surface area contributed by atoms with E-state index in [1.54, 1.807) is 44.0 Å². The highest BCUT2D eigenvalue weighted by atomic mass is 16.5. The SMILES string of the molecule is Cc1nc(N(C)C)ncc1C(=O)Nc1ccc2c(c1)N(C)C(=O)C(C)O2. The van der Waals surface area contributed by atoms with Gasteiger partial charge in [-0.3, -0.25) is 9.59 Å². The van der Waals surface area contributed by atoms with Gasteiger partial charge in [0.25, 0.3) is 11.8 Å². The van der Waals surface area contributed by atoms with Gasteiger partial charge in [-0.2, -0.15) is 0 Å². The first-order valence-corrected chi connectivity index (χ1v) is 8.18. The van der Waals surface area contributed by atoms with Crippen LogP contribution in [0.4, 0.5) is 17.3 Å². The number of hydrogen-bond donors (Lipinski definition) is 1. The van der Waals surface area contributed by atoms with Gasteiger partial charge in [0.05, 0.1) is 16.9 Å². The Balaban J connectivity index is 1.84. The number of aryl methyl sites for hydroxylation is 1. The van der Waals surface area contributed by atoms with Gasteiger partial charge >= 0.3 is 0 Å². The molecule has 2 heterocycles. The first kappa shape index (κ1) is 17.7. The van der Waals surface area contributed by atoms with Crippen molar-refractivity contribution < 1.29 is 14.3 Å². The number of rotatable bonds is 3. The van der Waals surface area contributed by atoms with E-state index in [2.05, 4.69) is 15.3 Å². The van der Waals surface area contributed by atoms with Crippen LogP contribution in [0.5, 0.6) is 5.75 Å². The average molecular weight is 355 g/mol. The molecule has 1 N–H and O–H groups in total. The molecule has 0 aliphatic carbocycles. The van der Waals surface area contributed by atoms with E-state index in [0.717, 1.165) is 0 Å². The lowest BCUT2D eigenvalue weighted by molar-refractivity contribution is -0.125. The minimum atomic E-state index is -0.525. The number of carbonyl (C=O) groups is 2. The summed E-state index contributed by atoms with van der Waals surface area (Å²) in [5.74, 6) is 0.697. The molecule has 1 aromatic heterocycles. The number of nitrogens with zero attached hydrogens (tertiary/aromatic N) is 4. The number of carbonyl (C=O) groups excluding carboxylic acids is 2. The molecule has 2 amide bonds. The van der Waals surface area contributed by atoms with Crippen molar-refractivity contribution in [2.24, 2.45) is 0 Å². The standard InChI is InChI=1S/C18H21N5O3/c1-10-13(9-19-18(20-10)22(3)4)16(24)21-12-6-7-15-14(8-12)23(5)17(25)11(2)26-15/h6-9,11H,1-5H3,(H,21,24). The fourth-order valence-corrected chi connectivity index (χ4v) is 2.68. The van der Waals surface area contributed by atoms with Crippen LogP contribution < -0.4 is 19.9 Å². The van der Waals surface area contributed by atoms with Crippen LogP contribution in [-0.2, 0) is 4.79 Å². The van der Waals surface area contributed by atoms with E-state index in [9.17, 15) is 9.59 Å². The van der Waals surface area contributed by atoms with Gasteiger partial charge in [-0.25, -0.2) is 9.97 Å². The molecule has 136 valence electrons. The number of benzene rings is 1. The monoisotopic (exact) mass is 355 g/mol. The molecule has 0 saturated carbocycles. The Hall–Kier alpha value is -3.16. The molecule has 1 aliphatic rings. The summed E-state index contributed by atoms with van der Waals surface area (Å²) in [6.07, 6.45) is 0.981. The maximum absolute atomic E-state index is 12.6. The van der Waals surface area contributed by atoms with Crippen LogP contribution in [0.15, 0.2) is 24.4 Å². The van der Waals surface area contributed by atoms with E-state index in [4.69, 9.17) is 4.74 Å². The molecule has 1 unspecified atom stereocenters. The second-order valence-corrected chi connectivity index (χ2v) is 6.36. The first-order valence-electron chi connectivity index (χ1n) is 8.18. The zero-order valence-electron chi connectivity index (χ0n) is 15.4. The van der Waals surface area contributed by atoms with Crippen LogP contribution in [0.3, 0.4) is 0 Å². The fraction of sp³-hybridized carbons (Fsp3) is 0.333. The Kier molecular flexibility index (Phi) is 4.50. The number of likely N-dealkylation sites (N-methyl/N-ethyl adjacent to an activating group) is 1. The number of fused-ring (bicyclic) bond motifs is 1. The van der Waals surface area contributed by atoms with Crippen LogP contribution in [0.2, 0.25) is 0 Å². The van der Waals surface area contributed by atoms with Crippen LogP contribution in [0.1, 0.15) is 23.0 Å². The lowest BCUT2D eigenvalue weighted by atomic mass is 10.1. The average Bonchev–Trinajstić information content (AvgIpc) is 2.60. The van der Waals surface area contributed by atoms with Crippen LogP contribution in [0.25, 0.3) is 0 Å². The maximum atomic E-state index is 12.6. The Bertz CT molecular complexity index is 881. The van der Waals surface area contributed by atoms with Crippen molar-refractivity contribution in [1.82, 2.24) is 9.97 Å². The fourth-order valence-electron chi connectivity index (χ4n) is 2.68. The summed E-state index contributed by atoms with van der Waals surface area (Å²) in [5.41, 5.74) is 2.15. The van der Waals surface area contributed by atoms with Crippen LogP contribution in [-0.4, -0.2) is 49.0 Å². The van der Waals surface area contributed by atoms with E-state index in [0.29, 0.717) is 34.3 Å². The molecule has 0 spiro atoms. The molecule has 0 fully saturated rings. The van der Waals surface area contributed by atoms with Gasteiger partial charge in [-0.1, -0.05) is 0 Å². The molecule has 0 radical (unpaired) electrons. The Morgan fingerprint density at radius 3 is 2.73 bits per heavy atom. The Morgan fingerprint density at radius 2 is 2.08 bits per heavy atom. The predicted octanol–water partition coefficient (Wildman–Crippen LogP) is 1.85. The molecule has 1 aromatic carbocycles. The van der Waals surface area contributed by atoms with E-state index in [1.807, 2.05) is 14.1 Å². The highest BCUT2D eigenvalue weighted by Crippen LogP contribution is 2.35. The van der Waals surface area contributed by atoms with Gasteiger partial charge in [-0.05, 0) is 32.0 Å². The minimum absolute atomic E-state index is 0.135. The number of aromatic nitrogens is 2. The summed E-state index contributed by atoms with van der Waals surface area (Å²) in [6, 6.07) is 5.18. The van der Waals surface area contributed by atoms with Gasteiger partial charge < -0.3 is 19.9 Å². The molecule has 0 saturated heterocycles. The Morgan fingerprint density at radius 1 is 1.35 bits per heavy atom. The summed E-state index contributed by atoms with van der Waals surface area (Å²) in [7, 11) is 5.36.